The number of rotatable bonds is 2. The molecule has 1 aromatic heterocycles. The highest BCUT2D eigenvalue weighted by Gasteiger charge is 2.15. The molecule has 0 N–H and O–H groups in total. The van der Waals surface area contributed by atoms with Crippen LogP contribution in [0.3, 0.4) is 0 Å². The molecule has 0 aliphatic carbocycles. The maximum absolute atomic E-state index is 12.9. The summed E-state index contributed by atoms with van der Waals surface area (Å²) in [7, 11) is 0. The van der Waals surface area contributed by atoms with Gasteiger partial charge in [0, 0.05) is 10.4 Å². The van der Waals surface area contributed by atoms with E-state index in [1.165, 1.54) is 23.5 Å². The second kappa shape index (κ2) is 4.64. The van der Waals surface area contributed by atoms with Gasteiger partial charge in [-0.2, -0.15) is 5.26 Å². The van der Waals surface area contributed by atoms with E-state index < -0.39 is 0 Å². The highest BCUT2D eigenvalue weighted by Crippen LogP contribution is 2.33. The van der Waals surface area contributed by atoms with Crippen LogP contribution in [0.5, 0.6) is 0 Å². The monoisotopic (exact) mass is 246 g/mol. The third kappa shape index (κ3) is 2.34. The average Bonchev–Trinajstić information content (AvgIpc) is 2.74. The predicted octanol–water partition coefficient (Wildman–Crippen LogP) is 3.94. The first-order valence-electron chi connectivity index (χ1n) is 5.28. The molecule has 0 fully saturated rings. The van der Waals surface area contributed by atoms with Gasteiger partial charge in [-0.15, -0.1) is 11.3 Å². The molecule has 0 radical (unpaired) electrons. The predicted molar refractivity (Wildman–Crippen MR) is 66.3 cm³/mol. The molecule has 0 unspecified atom stereocenters. The molecule has 0 atom stereocenters. The van der Waals surface area contributed by atoms with Crippen LogP contribution in [0.25, 0.3) is 11.3 Å². The minimum Gasteiger partial charge on any atom is -0.226 e. The van der Waals surface area contributed by atoms with Gasteiger partial charge in [0.15, 0.2) is 5.01 Å². The maximum atomic E-state index is 12.9. The second-order valence-electron chi connectivity index (χ2n) is 4.01. The summed E-state index contributed by atoms with van der Waals surface area (Å²) in [5, 5.41) is 9.34. The van der Waals surface area contributed by atoms with E-state index in [4.69, 9.17) is 5.26 Å². The van der Waals surface area contributed by atoms with E-state index in [2.05, 4.69) is 24.9 Å². The van der Waals surface area contributed by atoms with Gasteiger partial charge in [0.25, 0.3) is 0 Å². The van der Waals surface area contributed by atoms with Crippen LogP contribution in [0.15, 0.2) is 24.3 Å². The van der Waals surface area contributed by atoms with Crippen LogP contribution in [0, 0.1) is 17.1 Å². The van der Waals surface area contributed by atoms with Crippen molar-refractivity contribution in [2.75, 3.05) is 0 Å². The highest BCUT2D eigenvalue weighted by molar-refractivity contribution is 7.12. The average molecular weight is 246 g/mol. The van der Waals surface area contributed by atoms with Gasteiger partial charge in [0.2, 0.25) is 0 Å². The van der Waals surface area contributed by atoms with Crippen molar-refractivity contribution in [2.24, 2.45) is 0 Å². The Balaban J connectivity index is 2.54. The molecule has 1 heterocycles. The molecule has 2 aromatic rings. The smallest absolute Gasteiger partial charge is 0.195 e. The van der Waals surface area contributed by atoms with Crippen LogP contribution < -0.4 is 0 Å². The van der Waals surface area contributed by atoms with Crippen molar-refractivity contribution >= 4 is 11.3 Å². The molecule has 0 amide bonds. The molecule has 0 spiro atoms. The standard InChI is InChI=1S/C13H11FN2S/c1-8(2)13-12(16-11(7-15)17-13)9-3-5-10(14)6-4-9/h3-6,8H,1-2H3. The van der Waals surface area contributed by atoms with Crippen molar-refractivity contribution in [3.8, 4) is 17.3 Å². The van der Waals surface area contributed by atoms with Crippen molar-refractivity contribution in [3.05, 3.63) is 40.0 Å². The van der Waals surface area contributed by atoms with Crippen LogP contribution in [-0.2, 0) is 0 Å². The lowest BCUT2D eigenvalue weighted by atomic mass is 10.1. The SMILES string of the molecule is CC(C)c1sc(C#N)nc1-c1ccc(F)cc1. The van der Waals surface area contributed by atoms with Crippen molar-refractivity contribution in [2.45, 2.75) is 19.8 Å². The van der Waals surface area contributed by atoms with Gasteiger partial charge >= 0.3 is 0 Å². The van der Waals surface area contributed by atoms with E-state index in [1.54, 1.807) is 12.1 Å². The maximum Gasteiger partial charge on any atom is 0.195 e. The van der Waals surface area contributed by atoms with E-state index in [9.17, 15) is 4.39 Å². The van der Waals surface area contributed by atoms with Gasteiger partial charge in [-0.3, -0.25) is 0 Å². The van der Waals surface area contributed by atoms with Gasteiger partial charge < -0.3 is 0 Å². The molecule has 2 rings (SSSR count). The minimum atomic E-state index is -0.268. The Morgan fingerprint density at radius 3 is 2.47 bits per heavy atom. The Bertz CT molecular complexity index is 564. The lowest BCUT2D eigenvalue weighted by Crippen LogP contribution is -1.88. The van der Waals surface area contributed by atoms with E-state index in [1.807, 2.05) is 0 Å². The quantitative estimate of drug-likeness (QED) is 0.804. The van der Waals surface area contributed by atoms with Gasteiger partial charge in [-0.25, -0.2) is 9.37 Å². The number of hydrogen-bond acceptors (Lipinski definition) is 3. The first-order chi connectivity index (χ1) is 8.11. The zero-order valence-corrected chi connectivity index (χ0v) is 10.4. The van der Waals surface area contributed by atoms with Crippen LogP contribution in [0.1, 0.15) is 29.7 Å². The summed E-state index contributed by atoms with van der Waals surface area (Å²) in [5.41, 5.74) is 1.65. The van der Waals surface area contributed by atoms with E-state index in [-0.39, 0.29) is 5.82 Å². The number of nitrogens with zero attached hydrogens (tertiary/aromatic N) is 2. The number of aromatic nitrogens is 1. The molecular weight excluding hydrogens is 235 g/mol. The molecule has 1 aromatic carbocycles. The van der Waals surface area contributed by atoms with Gasteiger partial charge in [-0.1, -0.05) is 13.8 Å². The molecule has 2 nitrogen and oxygen atoms in total. The Hall–Kier alpha value is -1.73. The lowest BCUT2D eigenvalue weighted by molar-refractivity contribution is 0.628. The van der Waals surface area contributed by atoms with Crippen LogP contribution >= 0.6 is 11.3 Å². The fourth-order valence-corrected chi connectivity index (χ4v) is 2.47. The fraction of sp³-hybridized carbons (Fsp3) is 0.231. The van der Waals surface area contributed by atoms with Crippen molar-refractivity contribution in [3.63, 3.8) is 0 Å². The number of nitriles is 1. The van der Waals surface area contributed by atoms with Gasteiger partial charge in [-0.05, 0) is 30.2 Å². The molecule has 4 heteroatoms. The minimum absolute atomic E-state index is 0.268. The first kappa shape index (κ1) is 11.7. The van der Waals surface area contributed by atoms with E-state index >= 15 is 0 Å². The number of halogens is 1. The summed E-state index contributed by atoms with van der Waals surface area (Å²) in [6.45, 7) is 4.11. The molecule has 0 bridgehead atoms. The van der Waals surface area contributed by atoms with Gasteiger partial charge in [0.1, 0.15) is 11.9 Å². The normalized spacial score (nSPS) is 10.5. The highest BCUT2D eigenvalue weighted by atomic mass is 32.1. The van der Waals surface area contributed by atoms with Gasteiger partial charge in [0.05, 0.1) is 5.69 Å². The Morgan fingerprint density at radius 2 is 1.94 bits per heavy atom. The second-order valence-corrected chi connectivity index (χ2v) is 5.04. The van der Waals surface area contributed by atoms with E-state index in [0.29, 0.717) is 10.9 Å². The summed E-state index contributed by atoms with van der Waals surface area (Å²) < 4.78 is 12.9. The third-order valence-electron chi connectivity index (χ3n) is 2.39. The zero-order chi connectivity index (χ0) is 12.4. The number of benzene rings is 1. The largest absolute Gasteiger partial charge is 0.226 e. The topological polar surface area (TPSA) is 36.7 Å². The summed E-state index contributed by atoms with van der Waals surface area (Å²) in [6.07, 6.45) is 0. The van der Waals surface area contributed by atoms with Crippen molar-refractivity contribution < 1.29 is 4.39 Å². The summed E-state index contributed by atoms with van der Waals surface area (Å²) in [5.74, 6) is 0.0326. The Labute approximate surface area is 103 Å². The van der Waals surface area contributed by atoms with Crippen LogP contribution in [-0.4, -0.2) is 4.98 Å². The van der Waals surface area contributed by atoms with Crippen LogP contribution in [0.4, 0.5) is 4.39 Å². The summed E-state index contributed by atoms with van der Waals surface area (Å²) in [4.78, 5) is 5.35. The molecule has 17 heavy (non-hydrogen) atoms. The molecule has 0 saturated carbocycles. The Morgan fingerprint density at radius 1 is 1.29 bits per heavy atom. The molecule has 86 valence electrons. The first-order valence-corrected chi connectivity index (χ1v) is 6.10. The Kier molecular flexibility index (Phi) is 3.21. The summed E-state index contributed by atoms with van der Waals surface area (Å²) in [6, 6.07) is 8.26. The molecule has 0 aliphatic heterocycles. The molecular formula is C13H11FN2S. The van der Waals surface area contributed by atoms with Crippen molar-refractivity contribution in [1.82, 2.24) is 4.98 Å². The van der Waals surface area contributed by atoms with Crippen LogP contribution in [0.2, 0.25) is 0 Å². The third-order valence-corrected chi connectivity index (χ3v) is 3.65. The summed E-state index contributed by atoms with van der Waals surface area (Å²) >= 11 is 1.40. The fourth-order valence-electron chi connectivity index (χ4n) is 1.59. The van der Waals surface area contributed by atoms with Crippen molar-refractivity contribution in [1.29, 1.82) is 5.26 Å². The molecule has 0 saturated heterocycles. The number of thiazole rings is 1. The molecule has 0 aliphatic rings. The number of hydrogen-bond donors (Lipinski definition) is 0. The van der Waals surface area contributed by atoms with E-state index in [0.717, 1.165) is 16.1 Å². The lowest BCUT2D eigenvalue weighted by Gasteiger charge is -2.04. The zero-order valence-electron chi connectivity index (χ0n) is 9.57.